The van der Waals surface area contributed by atoms with E-state index in [9.17, 15) is 14.7 Å². The van der Waals surface area contributed by atoms with Crippen molar-refractivity contribution in [3.63, 3.8) is 0 Å². The highest BCUT2D eigenvalue weighted by molar-refractivity contribution is 5.98. The Morgan fingerprint density at radius 1 is 1.22 bits per heavy atom. The van der Waals surface area contributed by atoms with Gasteiger partial charge in [0.15, 0.2) is 0 Å². The van der Waals surface area contributed by atoms with Crippen molar-refractivity contribution >= 4 is 28.6 Å². The quantitative estimate of drug-likeness (QED) is 0.480. The highest BCUT2D eigenvalue weighted by Gasteiger charge is 2.45. The van der Waals surface area contributed by atoms with E-state index in [0.29, 0.717) is 30.6 Å². The standard InChI is InChI=1S/C30H33N3O4/c1-30(11-12-30)23-5-9-26-22(18-23)17-21-16-20(4-8-25(21)31-26)28(35)32-27(10-14-34)19-2-6-24(7-3-19)33-13-15-37-29(33)36/h2-4,6-8,16-17,23,27,34H,5,9-15,18H2,1H3,(H,32,35)/t23?,27-/m1/s1. The van der Waals surface area contributed by atoms with E-state index in [1.807, 2.05) is 42.5 Å². The number of carbonyl (C=O) groups excluding carboxylic acids is 2. The van der Waals surface area contributed by atoms with Crippen LogP contribution in [0.3, 0.4) is 0 Å². The highest BCUT2D eigenvalue weighted by Crippen LogP contribution is 2.55. The van der Waals surface area contributed by atoms with E-state index in [-0.39, 0.29) is 24.6 Å². The van der Waals surface area contributed by atoms with Crippen molar-refractivity contribution in [1.82, 2.24) is 10.3 Å². The molecule has 7 nitrogen and oxygen atoms in total. The number of fused-ring (bicyclic) bond motifs is 2. The minimum atomic E-state index is -0.352. The van der Waals surface area contributed by atoms with Gasteiger partial charge in [0.1, 0.15) is 6.61 Å². The van der Waals surface area contributed by atoms with Gasteiger partial charge < -0.3 is 15.2 Å². The molecule has 0 bridgehead atoms. The first kappa shape index (κ1) is 23.9. The fourth-order valence-electron chi connectivity index (χ4n) is 5.88. The summed E-state index contributed by atoms with van der Waals surface area (Å²) in [5.74, 6) is 0.543. The van der Waals surface area contributed by atoms with Gasteiger partial charge >= 0.3 is 6.09 Å². The number of aromatic nitrogens is 1. The van der Waals surface area contributed by atoms with E-state index in [4.69, 9.17) is 9.72 Å². The minimum absolute atomic E-state index is 0.0565. The van der Waals surface area contributed by atoms with Crippen molar-refractivity contribution in [1.29, 1.82) is 0 Å². The molecule has 3 aliphatic rings. The zero-order valence-electron chi connectivity index (χ0n) is 21.2. The molecule has 192 valence electrons. The van der Waals surface area contributed by atoms with E-state index >= 15 is 0 Å². The molecule has 37 heavy (non-hydrogen) atoms. The van der Waals surface area contributed by atoms with Crippen LogP contribution in [0, 0.1) is 11.3 Å². The second-order valence-corrected chi connectivity index (χ2v) is 11.0. The van der Waals surface area contributed by atoms with Gasteiger partial charge in [0.2, 0.25) is 0 Å². The van der Waals surface area contributed by atoms with Gasteiger partial charge in [-0.1, -0.05) is 19.1 Å². The van der Waals surface area contributed by atoms with Gasteiger partial charge in [-0.25, -0.2) is 4.79 Å². The Balaban J connectivity index is 1.20. The van der Waals surface area contributed by atoms with Gasteiger partial charge in [-0.3, -0.25) is 14.7 Å². The van der Waals surface area contributed by atoms with Crippen molar-refractivity contribution in [2.45, 2.75) is 51.5 Å². The summed E-state index contributed by atoms with van der Waals surface area (Å²) in [6, 6.07) is 15.0. The van der Waals surface area contributed by atoms with Crippen molar-refractivity contribution in [3.8, 4) is 0 Å². The molecule has 6 rings (SSSR count). The molecule has 7 heteroatoms. The van der Waals surface area contributed by atoms with E-state index in [2.05, 4.69) is 18.3 Å². The number of aryl methyl sites for hydroxylation is 1. The van der Waals surface area contributed by atoms with Crippen molar-refractivity contribution in [2.75, 3.05) is 24.7 Å². The minimum Gasteiger partial charge on any atom is -0.447 e. The molecule has 2 aliphatic carbocycles. The van der Waals surface area contributed by atoms with E-state index in [1.165, 1.54) is 30.5 Å². The number of pyridine rings is 1. The SMILES string of the molecule is CC1(C2CCc3nc4ccc(C(=O)N[C@H](CCO)c5ccc(N6CCOC6=O)cc5)cc4cc3C2)CC1. The molecule has 2 amide bonds. The number of aliphatic hydroxyl groups excluding tert-OH is 1. The van der Waals surface area contributed by atoms with Crippen molar-refractivity contribution < 1.29 is 19.4 Å². The normalized spacial score (nSPS) is 20.9. The van der Waals surface area contributed by atoms with Crippen LogP contribution in [-0.4, -0.2) is 41.8 Å². The molecule has 1 saturated heterocycles. The number of carbonyl (C=O) groups is 2. The van der Waals surface area contributed by atoms with Crippen molar-refractivity contribution in [3.05, 3.63) is 70.9 Å². The lowest BCUT2D eigenvalue weighted by Gasteiger charge is -2.29. The van der Waals surface area contributed by atoms with Gasteiger partial charge in [0, 0.05) is 28.9 Å². The Morgan fingerprint density at radius 2 is 2.03 bits per heavy atom. The highest BCUT2D eigenvalue weighted by atomic mass is 16.6. The van der Waals surface area contributed by atoms with Gasteiger partial charge in [-0.15, -0.1) is 0 Å². The number of amides is 2. The average molecular weight is 500 g/mol. The summed E-state index contributed by atoms with van der Waals surface area (Å²) >= 11 is 0. The van der Waals surface area contributed by atoms with Gasteiger partial charge in [0.05, 0.1) is 18.1 Å². The molecule has 1 saturated carbocycles. The number of hydrogen-bond acceptors (Lipinski definition) is 5. The Kier molecular flexibility index (Phi) is 6.11. The van der Waals surface area contributed by atoms with Crippen LogP contribution in [0.25, 0.3) is 10.9 Å². The lowest BCUT2D eigenvalue weighted by atomic mass is 9.77. The number of hydrogen-bond donors (Lipinski definition) is 2. The molecule has 2 fully saturated rings. The maximum atomic E-state index is 13.3. The lowest BCUT2D eigenvalue weighted by Crippen LogP contribution is -2.29. The lowest BCUT2D eigenvalue weighted by molar-refractivity contribution is 0.0930. The zero-order valence-corrected chi connectivity index (χ0v) is 21.2. The summed E-state index contributed by atoms with van der Waals surface area (Å²) in [4.78, 5) is 31.6. The van der Waals surface area contributed by atoms with Crippen LogP contribution in [0.2, 0.25) is 0 Å². The van der Waals surface area contributed by atoms with Crippen LogP contribution in [-0.2, 0) is 17.6 Å². The van der Waals surface area contributed by atoms with Gasteiger partial charge in [0.25, 0.3) is 5.91 Å². The Bertz CT molecular complexity index is 1350. The van der Waals surface area contributed by atoms with Gasteiger partial charge in [-0.05, 0) is 97.4 Å². The maximum Gasteiger partial charge on any atom is 0.414 e. The second-order valence-electron chi connectivity index (χ2n) is 11.0. The Morgan fingerprint density at radius 3 is 2.73 bits per heavy atom. The topological polar surface area (TPSA) is 91.8 Å². The number of cyclic esters (lactones) is 1. The predicted molar refractivity (Wildman–Crippen MR) is 142 cm³/mol. The Hall–Kier alpha value is -3.45. The van der Waals surface area contributed by atoms with Crippen LogP contribution in [0.5, 0.6) is 0 Å². The number of nitrogens with one attached hydrogen (secondary N) is 1. The number of ether oxygens (including phenoxy) is 1. The van der Waals surface area contributed by atoms with E-state index < -0.39 is 0 Å². The summed E-state index contributed by atoms with van der Waals surface area (Å²) < 4.78 is 5.01. The molecule has 3 aromatic rings. The molecule has 0 radical (unpaired) electrons. The molecule has 0 spiro atoms. The van der Waals surface area contributed by atoms with E-state index in [0.717, 1.165) is 40.9 Å². The zero-order chi connectivity index (χ0) is 25.6. The maximum absolute atomic E-state index is 13.3. The van der Waals surface area contributed by atoms with Crippen LogP contribution in [0.15, 0.2) is 48.5 Å². The molecular formula is C30H33N3O4. The summed E-state index contributed by atoms with van der Waals surface area (Å²) in [5, 5.41) is 13.7. The van der Waals surface area contributed by atoms with E-state index in [1.54, 1.807) is 4.90 Å². The monoisotopic (exact) mass is 499 g/mol. The third kappa shape index (κ3) is 4.68. The molecule has 2 atom stereocenters. The molecule has 2 heterocycles. The predicted octanol–water partition coefficient (Wildman–Crippen LogP) is 4.95. The first-order valence-electron chi connectivity index (χ1n) is 13.3. The van der Waals surface area contributed by atoms with Crippen molar-refractivity contribution in [2.24, 2.45) is 11.3 Å². The molecule has 1 aromatic heterocycles. The first-order valence-corrected chi connectivity index (χ1v) is 13.3. The summed E-state index contributed by atoms with van der Waals surface area (Å²) in [6.07, 6.45) is 6.04. The van der Waals surface area contributed by atoms with Crippen LogP contribution in [0.1, 0.15) is 65.8 Å². The van der Waals surface area contributed by atoms with Crippen LogP contribution in [0.4, 0.5) is 10.5 Å². The van der Waals surface area contributed by atoms with Gasteiger partial charge in [-0.2, -0.15) is 0 Å². The number of anilines is 1. The third-order valence-corrected chi connectivity index (χ3v) is 8.56. The number of nitrogens with zero attached hydrogens (tertiary/aromatic N) is 2. The largest absolute Gasteiger partial charge is 0.447 e. The summed E-state index contributed by atoms with van der Waals surface area (Å²) in [5.41, 5.74) is 6.17. The third-order valence-electron chi connectivity index (χ3n) is 8.56. The van der Waals surface area contributed by atoms with Crippen LogP contribution < -0.4 is 10.2 Å². The second kappa shape index (κ2) is 9.45. The average Bonchev–Trinajstić information content (AvgIpc) is 3.52. The molecule has 1 aliphatic heterocycles. The van der Waals surface area contributed by atoms with Crippen LogP contribution >= 0.6 is 0 Å². The number of benzene rings is 2. The molecule has 2 aromatic carbocycles. The number of aliphatic hydroxyl groups is 1. The summed E-state index contributed by atoms with van der Waals surface area (Å²) in [6.45, 7) is 3.26. The molecule has 2 N–H and O–H groups in total. The molecular weight excluding hydrogens is 466 g/mol. The fourth-order valence-corrected chi connectivity index (χ4v) is 5.88. The summed E-state index contributed by atoms with van der Waals surface area (Å²) in [7, 11) is 0. The molecule has 1 unspecified atom stereocenters. The first-order chi connectivity index (χ1) is 17.9. The number of rotatable bonds is 7. The smallest absolute Gasteiger partial charge is 0.414 e. The fraction of sp³-hybridized carbons (Fsp3) is 0.433. The Labute approximate surface area is 216 Å².